The summed E-state index contributed by atoms with van der Waals surface area (Å²) >= 11 is 0. The molecule has 0 fully saturated rings. The van der Waals surface area contributed by atoms with Gasteiger partial charge in [0.25, 0.3) is 0 Å². The second-order valence-electron chi connectivity index (χ2n) is 6.83. The van der Waals surface area contributed by atoms with Crippen LogP contribution in [-0.4, -0.2) is 20.9 Å². The molecule has 1 aromatic carbocycles. The first-order valence-corrected chi connectivity index (χ1v) is 9.39. The monoisotopic (exact) mass is 358 g/mol. The molecule has 0 spiro atoms. The molecular weight excluding hydrogens is 336 g/mol. The molecule has 0 unspecified atom stereocenters. The number of benzene rings is 1. The Morgan fingerprint density at radius 3 is 2.74 bits per heavy atom. The fraction of sp³-hybridized carbons (Fsp3) is 0.273. The fourth-order valence-corrected chi connectivity index (χ4v) is 3.50. The zero-order chi connectivity index (χ0) is 18.5. The lowest BCUT2D eigenvalue weighted by Crippen LogP contribution is -2.31. The molecule has 5 nitrogen and oxygen atoms in total. The molecule has 0 radical (unpaired) electrons. The average Bonchev–Trinajstić information content (AvgIpc) is 2.73. The second-order valence-corrected chi connectivity index (χ2v) is 6.83. The summed E-state index contributed by atoms with van der Waals surface area (Å²) in [6, 6.07) is 13.9. The van der Waals surface area contributed by atoms with Crippen molar-refractivity contribution in [2.24, 2.45) is 0 Å². The van der Waals surface area contributed by atoms with Gasteiger partial charge >= 0.3 is 0 Å². The van der Waals surface area contributed by atoms with Crippen LogP contribution in [0.1, 0.15) is 42.1 Å². The van der Waals surface area contributed by atoms with Crippen LogP contribution < -0.4 is 5.32 Å². The Bertz CT molecular complexity index is 912. The van der Waals surface area contributed by atoms with Gasteiger partial charge in [0.2, 0.25) is 5.91 Å². The Balaban J connectivity index is 1.44. The zero-order valence-corrected chi connectivity index (χ0v) is 15.1. The van der Waals surface area contributed by atoms with E-state index < -0.39 is 0 Å². The second kappa shape index (κ2) is 8.08. The number of carbonyl (C=O) groups excluding carboxylic acids is 1. The van der Waals surface area contributed by atoms with Crippen molar-refractivity contribution < 1.29 is 4.79 Å². The van der Waals surface area contributed by atoms with Gasteiger partial charge in [0.05, 0.1) is 6.04 Å². The quantitative estimate of drug-likeness (QED) is 0.756. The maximum atomic E-state index is 12.4. The van der Waals surface area contributed by atoms with Crippen molar-refractivity contribution in [3.63, 3.8) is 0 Å². The van der Waals surface area contributed by atoms with E-state index in [1.807, 2.05) is 48.7 Å². The Kier molecular flexibility index (Phi) is 5.19. The van der Waals surface area contributed by atoms with Gasteiger partial charge < -0.3 is 5.32 Å². The summed E-state index contributed by atoms with van der Waals surface area (Å²) in [4.78, 5) is 25.7. The van der Waals surface area contributed by atoms with Crippen molar-refractivity contribution in [3.8, 4) is 11.4 Å². The molecule has 0 saturated heterocycles. The van der Waals surface area contributed by atoms with Crippen molar-refractivity contribution in [3.05, 3.63) is 77.9 Å². The lowest BCUT2D eigenvalue weighted by atomic mass is 9.92. The fourth-order valence-electron chi connectivity index (χ4n) is 3.50. The third-order valence-electron chi connectivity index (χ3n) is 4.94. The topological polar surface area (TPSA) is 67.8 Å². The summed E-state index contributed by atoms with van der Waals surface area (Å²) in [5.41, 5.74) is 4.25. The van der Waals surface area contributed by atoms with Crippen molar-refractivity contribution in [1.29, 1.82) is 0 Å². The highest BCUT2D eigenvalue weighted by Crippen LogP contribution is 2.29. The number of aryl methyl sites for hydroxylation is 2. The summed E-state index contributed by atoms with van der Waals surface area (Å²) in [5, 5.41) is 3.17. The molecule has 1 atom stereocenters. The summed E-state index contributed by atoms with van der Waals surface area (Å²) in [6.07, 6.45) is 9.48. The van der Waals surface area contributed by atoms with E-state index in [-0.39, 0.29) is 11.9 Å². The first kappa shape index (κ1) is 17.3. The minimum absolute atomic E-state index is 0.00325. The van der Waals surface area contributed by atoms with Gasteiger partial charge in [0.15, 0.2) is 5.82 Å². The van der Waals surface area contributed by atoms with E-state index in [1.165, 1.54) is 0 Å². The van der Waals surface area contributed by atoms with Crippen LogP contribution in [0.5, 0.6) is 0 Å². The number of pyridine rings is 1. The Labute approximate surface area is 158 Å². The summed E-state index contributed by atoms with van der Waals surface area (Å²) in [7, 11) is 0. The van der Waals surface area contributed by atoms with Gasteiger partial charge in [-0.2, -0.15) is 0 Å². The zero-order valence-electron chi connectivity index (χ0n) is 15.1. The molecule has 1 amide bonds. The number of amides is 1. The van der Waals surface area contributed by atoms with E-state index in [4.69, 9.17) is 4.98 Å². The summed E-state index contributed by atoms with van der Waals surface area (Å²) in [5.74, 6) is 0.816. The van der Waals surface area contributed by atoms with Gasteiger partial charge in [-0.1, -0.05) is 30.3 Å². The van der Waals surface area contributed by atoms with Gasteiger partial charge in [-0.15, -0.1) is 0 Å². The Morgan fingerprint density at radius 1 is 1.11 bits per heavy atom. The summed E-state index contributed by atoms with van der Waals surface area (Å²) < 4.78 is 0. The summed E-state index contributed by atoms with van der Waals surface area (Å²) in [6.45, 7) is 0. The molecule has 1 aliphatic carbocycles. The van der Waals surface area contributed by atoms with Crippen LogP contribution in [0.25, 0.3) is 11.4 Å². The molecule has 1 aliphatic rings. The maximum absolute atomic E-state index is 12.4. The van der Waals surface area contributed by atoms with Gasteiger partial charge in [0.1, 0.15) is 0 Å². The van der Waals surface area contributed by atoms with Gasteiger partial charge in [-0.05, 0) is 43.4 Å². The van der Waals surface area contributed by atoms with Gasteiger partial charge in [-0.25, -0.2) is 9.97 Å². The number of hydrogen-bond donors (Lipinski definition) is 1. The number of hydrogen-bond acceptors (Lipinski definition) is 4. The normalized spacial score (nSPS) is 15.8. The SMILES string of the molecule is O=C(CCc1ccncc1)N[C@H]1CCCc2nc(-c3ccccc3)ncc21. The molecule has 136 valence electrons. The van der Waals surface area contributed by atoms with Crippen LogP contribution >= 0.6 is 0 Å². The highest BCUT2D eigenvalue weighted by molar-refractivity contribution is 5.76. The maximum Gasteiger partial charge on any atom is 0.220 e. The predicted octanol–water partition coefficient (Wildman–Crippen LogP) is 3.67. The smallest absolute Gasteiger partial charge is 0.220 e. The molecule has 2 heterocycles. The first-order valence-electron chi connectivity index (χ1n) is 9.39. The molecule has 2 aromatic heterocycles. The number of carbonyl (C=O) groups is 1. The van der Waals surface area contributed by atoms with Crippen LogP contribution in [0.2, 0.25) is 0 Å². The molecule has 0 saturated carbocycles. The molecule has 1 N–H and O–H groups in total. The van der Waals surface area contributed by atoms with Crippen LogP contribution in [-0.2, 0) is 17.6 Å². The average molecular weight is 358 g/mol. The number of rotatable bonds is 5. The van der Waals surface area contributed by atoms with E-state index in [0.717, 1.165) is 53.9 Å². The van der Waals surface area contributed by atoms with Crippen LogP contribution in [0.15, 0.2) is 61.1 Å². The van der Waals surface area contributed by atoms with Crippen molar-refractivity contribution in [2.75, 3.05) is 0 Å². The highest BCUT2D eigenvalue weighted by Gasteiger charge is 2.23. The van der Waals surface area contributed by atoms with E-state index >= 15 is 0 Å². The lowest BCUT2D eigenvalue weighted by molar-refractivity contribution is -0.121. The van der Waals surface area contributed by atoms with Gasteiger partial charge in [0, 0.05) is 41.8 Å². The van der Waals surface area contributed by atoms with E-state index in [0.29, 0.717) is 6.42 Å². The lowest BCUT2D eigenvalue weighted by Gasteiger charge is -2.25. The predicted molar refractivity (Wildman–Crippen MR) is 104 cm³/mol. The molecule has 0 aliphatic heterocycles. The van der Waals surface area contributed by atoms with E-state index in [9.17, 15) is 4.79 Å². The number of nitrogens with zero attached hydrogens (tertiary/aromatic N) is 3. The highest BCUT2D eigenvalue weighted by atomic mass is 16.1. The molecular formula is C22H22N4O. The Morgan fingerprint density at radius 2 is 1.93 bits per heavy atom. The van der Waals surface area contributed by atoms with Gasteiger partial charge in [-0.3, -0.25) is 9.78 Å². The third kappa shape index (κ3) is 4.19. The molecule has 3 aromatic rings. The third-order valence-corrected chi connectivity index (χ3v) is 4.94. The molecule has 27 heavy (non-hydrogen) atoms. The number of aromatic nitrogens is 3. The van der Waals surface area contributed by atoms with Crippen LogP contribution in [0.3, 0.4) is 0 Å². The molecule has 4 rings (SSSR count). The number of nitrogens with one attached hydrogen (secondary N) is 1. The minimum Gasteiger partial charge on any atom is -0.349 e. The Hall–Kier alpha value is -3.08. The van der Waals surface area contributed by atoms with E-state index in [2.05, 4.69) is 15.3 Å². The molecule has 0 bridgehead atoms. The first-order chi connectivity index (χ1) is 13.3. The standard InChI is InChI=1S/C22H22N4O/c27-21(10-9-16-11-13-23-14-12-16)25-19-7-4-8-20-18(19)15-24-22(26-20)17-5-2-1-3-6-17/h1-3,5-6,11-15,19H,4,7-10H2,(H,25,27)/t19-/m0/s1. The largest absolute Gasteiger partial charge is 0.349 e. The minimum atomic E-state index is 0.00325. The van der Waals surface area contributed by atoms with Crippen molar-refractivity contribution in [2.45, 2.75) is 38.1 Å². The van der Waals surface area contributed by atoms with Crippen molar-refractivity contribution in [1.82, 2.24) is 20.3 Å². The van der Waals surface area contributed by atoms with Crippen molar-refractivity contribution >= 4 is 5.91 Å². The molecule has 5 heteroatoms. The van der Waals surface area contributed by atoms with E-state index in [1.54, 1.807) is 12.4 Å². The van der Waals surface area contributed by atoms with Crippen LogP contribution in [0.4, 0.5) is 0 Å². The number of fused-ring (bicyclic) bond motifs is 1. The van der Waals surface area contributed by atoms with Crippen LogP contribution in [0, 0.1) is 0 Å².